The molecule has 20 heavy (non-hydrogen) atoms. The Morgan fingerprint density at radius 2 is 1.90 bits per heavy atom. The number of aliphatic hydroxyl groups is 1. The Morgan fingerprint density at radius 3 is 2.55 bits per heavy atom. The van der Waals surface area contributed by atoms with Crippen molar-refractivity contribution in [2.75, 3.05) is 19.3 Å². The summed E-state index contributed by atoms with van der Waals surface area (Å²) in [4.78, 5) is 2.10. The van der Waals surface area contributed by atoms with Crippen molar-refractivity contribution in [2.45, 2.75) is 12.6 Å². The lowest BCUT2D eigenvalue weighted by Gasteiger charge is -2.21. The van der Waals surface area contributed by atoms with Crippen LogP contribution in [0.4, 0.5) is 5.69 Å². The van der Waals surface area contributed by atoms with Crippen LogP contribution in [0.1, 0.15) is 17.2 Å². The van der Waals surface area contributed by atoms with E-state index in [4.69, 9.17) is 5.73 Å². The highest BCUT2D eigenvalue weighted by atomic mass is 79.9. The zero-order chi connectivity index (χ0) is 14.5. The molecule has 0 aliphatic carbocycles. The van der Waals surface area contributed by atoms with E-state index in [1.807, 2.05) is 43.4 Å². The smallest absolute Gasteiger partial charge is 0.0916 e. The van der Waals surface area contributed by atoms with Crippen LogP contribution in [0, 0.1) is 0 Å². The molecule has 0 saturated heterocycles. The van der Waals surface area contributed by atoms with Gasteiger partial charge in [-0.2, -0.15) is 0 Å². The summed E-state index contributed by atoms with van der Waals surface area (Å²) in [6.45, 7) is 1.38. The molecule has 1 unspecified atom stereocenters. The number of anilines is 1. The summed E-state index contributed by atoms with van der Waals surface area (Å²) >= 11 is 3.47. The Kier molecular flexibility index (Phi) is 5.17. The van der Waals surface area contributed by atoms with Crippen molar-refractivity contribution < 1.29 is 5.11 Å². The maximum Gasteiger partial charge on any atom is 0.0916 e. The monoisotopic (exact) mass is 334 g/mol. The van der Waals surface area contributed by atoms with E-state index in [0.29, 0.717) is 12.2 Å². The molecule has 0 saturated carbocycles. The van der Waals surface area contributed by atoms with Gasteiger partial charge >= 0.3 is 0 Å². The Bertz CT molecular complexity index is 557. The molecule has 3 nitrogen and oxygen atoms in total. The third-order valence-electron chi connectivity index (χ3n) is 3.15. The van der Waals surface area contributed by atoms with Crippen molar-refractivity contribution in [3.8, 4) is 0 Å². The number of hydrogen-bond donors (Lipinski definition) is 2. The fraction of sp³-hybridized carbons (Fsp3) is 0.250. The largest absolute Gasteiger partial charge is 0.399 e. The van der Waals surface area contributed by atoms with Crippen LogP contribution in [0.5, 0.6) is 0 Å². The van der Waals surface area contributed by atoms with Crippen molar-refractivity contribution in [1.29, 1.82) is 0 Å². The highest BCUT2D eigenvalue weighted by molar-refractivity contribution is 9.10. The first-order chi connectivity index (χ1) is 9.54. The second kappa shape index (κ2) is 6.88. The minimum absolute atomic E-state index is 0.507. The summed E-state index contributed by atoms with van der Waals surface area (Å²) in [6.07, 6.45) is -0.507. The van der Waals surface area contributed by atoms with E-state index in [0.717, 1.165) is 16.6 Å². The van der Waals surface area contributed by atoms with Gasteiger partial charge in [0, 0.05) is 23.2 Å². The van der Waals surface area contributed by atoms with Crippen LogP contribution < -0.4 is 5.73 Å². The van der Waals surface area contributed by atoms with Crippen molar-refractivity contribution in [3.05, 3.63) is 64.1 Å². The molecule has 0 amide bonds. The maximum absolute atomic E-state index is 10.2. The first-order valence-electron chi connectivity index (χ1n) is 6.51. The van der Waals surface area contributed by atoms with Gasteiger partial charge in [0.05, 0.1) is 6.10 Å². The van der Waals surface area contributed by atoms with E-state index in [9.17, 15) is 5.11 Å². The third kappa shape index (κ3) is 4.34. The molecule has 1 atom stereocenters. The van der Waals surface area contributed by atoms with E-state index in [-0.39, 0.29) is 0 Å². The molecule has 4 heteroatoms. The number of aliphatic hydroxyl groups excluding tert-OH is 1. The van der Waals surface area contributed by atoms with Crippen molar-refractivity contribution in [1.82, 2.24) is 4.90 Å². The zero-order valence-electron chi connectivity index (χ0n) is 11.5. The number of likely N-dealkylation sites (N-methyl/N-ethyl adjacent to an activating group) is 1. The van der Waals surface area contributed by atoms with E-state index in [2.05, 4.69) is 33.0 Å². The first-order valence-corrected chi connectivity index (χ1v) is 7.30. The van der Waals surface area contributed by atoms with E-state index >= 15 is 0 Å². The number of benzene rings is 2. The second-order valence-electron chi connectivity index (χ2n) is 5.01. The van der Waals surface area contributed by atoms with Gasteiger partial charge in [-0.05, 0) is 42.4 Å². The van der Waals surface area contributed by atoms with Gasteiger partial charge in [-0.3, -0.25) is 4.90 Å². The fourth-order valence-corrected chi connectivity index (χ4v) is 2.58. The van der Waals surface area contributed by atoms with Crippen molar-refractivity contribution in [3.63, 3.8) is 0 Å². The third-order valence-corrected chi connectivity index (χ3v) is 3.64. The zero-order valence-corrected chi connectivity index (χ0v) is 13.0. The summed E-state index contributed by atoms with van der Waals surface area (Å²) in [6, 6.07) is 15.6. The highest BCUT2D eigenvalue weighted by Crippen LogP contribution is 2.17. The summed E-state index contributed by atoms with van der Waals surface area (Å²) in [5, 5.41) is 10.2. The summed E-state index contributed by atoms with van der Waals surface area (Å²) in [5.41, 5.74) is 8.46. The van der Waals surface area contributed by atoms with E-state index < -0.39 is 6.10 Å². The lowest BCUT2D eigenvalue weighted by Crippen LogP contribution is -2.24. The van der Waals surface area contributed by atoms with Gasteiger partial charge in [-0.25, -0.2) is 0 Å². The number of hydrogen-bond acceptors (Lipinski definition) is 3. The van der Waals surface area contributed by atoms with Crippen LogP contribution >= 0.6 is 15.9 Å². The van der Waals surface area contributed by atoms with E-state index in [1.165, 1.54) is 5.56 Å². The average molecular weight is 335 g/mol. The first kappa shape index (κ1) is 15.0. The van der Waals surface area contributed by atoms with Crippen LogP contribution in [-0.4, -0.2) is 23.6 Å². The number of halogens is 1. The SMILES string of the molecule is CN(Cc1cccc(Br)c1)CC(O)c1ccc(N)cc1. The van der Waals surface area contributed by atoms with Crippen LogP contribution in [0.25, 0.3) is 0 Å². The van der Waals surface area contributed by atoms with E-state index in [1.54, 1.807) is 0 Å². The highest BCUT2D eigenvalue weighted by Gasteiger charge is 2.11. The van der Waals surface area contributed by atoms with Crippen LogP contribution in [-0.2, 0) is 6.54 Å². The average Bonchev–Trinajstić information content (AvgIpc) is 2.39. The van der Waals surface area contributed by atoms with Gasteiger partial charge in [0.2, 0.25) is 0 Å². The molecule has 0 aromatic heterocycles. The maximum atomic E-state index is 10.2. The molecule has 2 rings (SSSR count). The number of nitrogens with two attached hydrogens (primary N) is 1. The Balaban J connectivity index is 1.93. The summed E-state index contributed by atoms with van der Waals surface area (Å²) in [5.74, 6) is 0. The standard InChI is InChI=1S/C16H19BrN2O/c1-19(10-12-3-2-4-14(17)9-12)11-16(20)13-5-7-15(18)8-6-13/h2-9,16,20H,10-11,18H2,1H3. The Morgan fingerprint density at radius 1 is 1.20 bits per heavy atom. The number of rotatable bonds is 5. The molecule has 3 N–H and O–H groups in total. The Labute approximate surface area is 128 Å². The van der Waals surface area contributed by atoms with Gasteiger partial charge in [0.15, 0.2) is 0 Å². The van der Waals surface area contributed by atoms with Gasteiger partial charge in [0.25, 0.3) is 0 Å². The van der Waals surface area contributed by atoms with Gasteiger partial charge in [-0.1, -0.05) is 40.2 Å². The molecule has 0 radical (unpaired) electrons. The molecule has 0 heterocycles. The quantitative estimate of drug-likeness (QED) is 0.825. The molecule has 0 fully saturated rings. The second-order valence-corrected chi connectivity index (χ2v) is 5.92. The summed E-state index contributed by atoms with van der Waals surface area (Å²) in [7, 11) is 2.00. The fourth-order valence-electron chi connectivity index (χ4n) is 2.13. The molecule has 0 aliphatic rings. The lowest BCUT2D eigenvalue weighted by atomic mass is 10.1. The predicted octanol–water partition coefficient (Wildman–Crippen LogP) is 3.20. The topological polar surface area (TPSA) is 49.5 Å². The predicted molar refractivity (Wildman–Crippen MR) is 86.3 cm³/mol. The molecular weight excluding hydrogens is 316 g/mol. The van der Waals surface area contributed by atoms with Crippen molar-refractivity contribution >= 4 is 21.6 Å². The van der Waals surface area contributed by atoms with Gasteiger partial charge in [-0.15, -0.1) is 0 Å². The molecule has 0 bridgehead atoms. The molecular formula is C16H19BrN2O. The summed E-state index contributed by atoms with van der Waals surface area (Å²) < 4.78 is 1.07. The normalized spacial score (nSPS) is 12.6. The molecule has 2 aromatic carbocycles. The number of nitrogens with zero attached hydrogens (tertiary/aromatic N) is 1. The molecule has 0 spiro atoms. The van der Waals surface area contributed by atoms with Crippen LogP contribution in [0.15, 0.2) is 53.0 Å². The van der Waals surface area contributed by atoms with Crippen LogP contribution in [0.2, 0.25) is 0 Å². The molecule has 106 valence electrons. The Hall–Kier alpha value is -1.36. The minimum Gasteiger partial charge on any atom is -0.399 e. The lowest BCUT2D eigenvalue weighted by molar-refractivity contribution is 0.124. The molecule has 2 aromatic rings. The molecule has 0 aliphatic heterocycles. The van der Waals surface area contributed by atoms with Gasteiger partial charge in [0.1, 0.15) is 0 Å². The van der Waals surface area contributed by atoms with Crippen molar-refractivity contribution in [2.24, 2.45) is 0 Å². The number of nitrogen functional groups attached to an aromatic ring is 1. The van der Waals surface area contributed by atoms with Gasteiger partial charge < -0.3 is 10.8 Å². The van der Waals surface area contributed by atoms with Crippen LogP contribution in [0.3, 0.4) is 0 Å². The minimum atomic E-state index is -0.507.